The zero-order chi connectivity index (χ0) is 34.4. The third-order valence-corrected chi connectivity index (χ3v) is 12.0. The standard InChI is InChI=1S/C27H40FN3O14P2/c1-6-38-42-46(35,43-39-7-2)22(47(36,44-40-8-3)45-41-9-4)16-29-10-12-30(13-11-29)24-21(28)14-19-23-26(24)37-17-18(5)31(23)15-20(25(19)32)27(33)34/h14-15,18,22H,6-13,16-17H2,1-5H3,(H,33,34). The molecule has 0 amide bonds. The minimum Gasteiger partial charge on any atom is -0.487 e. The number of piperazine rings is 1. The van der Waals surface area contributed by atoms with Crippen LogP contribution in [0.3, 0.4) is 0 Å². The van der Waals surface area contributed by atoms with Gasteiger partial charge in [0.05, 0.1) is 43.4 Å². The highest BCUT2D eigenvalue weighted by Gasteiger charge is 2.56. The van der Waals surface area contributed by atoms with Crippen molar-refractivity contribution in [3.8, 4) is 5.75 Å². The number of carbonyl (C=O) groups is 1. The molecule has 0 saturated carbocycles. The van der Waals surface area contributed by atoms with Crippen molar-refractivity contribution < 1.29 is 66.4 Å². The van der Waals surface area contributed by atoms with Crippen LogP contribution in [0.2, 0.25) is 0 Å². The van der Waals surface area contributed by atoms with Gasteiger partial charge in [-0.25, -0.2) is 28.7 Å². The molecule has 0 spiro atoms. The van der Waals surface area contributed by atoms with Crippen LogP contribution in [0.1, 0.15) is 51.0 Å². The molecule has 1 unspecified atom stereocenters. The van der Waals surface area contributed by atoms with Crippen molar-refractivity contribution in [1.82, 2.24) is 9.47 Å². The Labute approximate surface area is 270 Å². The minimum atomic E-state index is -4.60. The summed E-state index contributed by atoms with van der Waals surface area (Å²) < 4.78 is 72.0. The molecule has 1 aromatic carbocycles. The molecule has 2 aliphatic rings. The van der Waals surface area contributed by atoms with Crippen molar-refractivity contribution in [3.63, 3.8) is 0 Å². The fourth-order valence-electron chi connectivity index (χ4n) is 5.15. The second-order valence-corrected chi connectivity index (χ2v) is 14.9. The van der Waals surface area contributed by atoms with Crippen molar-refractivity contribution in [2.75, 3.05) is 70.7 Å². The van der Waals surface area contributed by atoms with Crippen LogP contribution in [0, 0.1) is 5.82 Å². The molecule has 0 radical (unpaired) electrons. The molecule has 1 saturated heterocycles. The predicted octanol–water partition coefficient (Wildman–Crippen LogP) is 4.50. The number of aromatic nitrogens is 1. The van der Waals surface area contributed by atoms with Crippen LogP contribution in [0.5, 0.6) is 5.75 Å². The zero-order valence-corrected chi connectivity index (χ0v) is 28.5. The molecule has 1 aromatic heterocycles. The van der Waals surface area contributed by atoms with E-state index in [0.717, 1.165) is 6.07 Å². The van der Waals surface area contributed by atoms with Crippen molar-refractivity contribution in [1.29, 1.82) is 0 Å². The van der Waals surface area contributed by atoms with Gasteiger partial charge in [-0.15, -0.1) is 18.7 Å². The van der Waals surface area contributed by atoms with Gasteiger partial charge in [-0.3, -0.25) is 18.8 Å². The maximum absolute atomic E-state index is 15.8. The first kappa shape index (κ1) is 37.4. The van der Waals surface area contributed by atoms with Gasteiger partial charge in [-0.2, -0.15) is 0 Å². The zero-order valence-electron chi connectivity index (χ0n) is 26.7. The van der Waals surface area contributed by atoms with E-state index < -0.39 is 43.4 Å². The predicted molar refractivity (Wildman–Crippen MR) is 164 cm³/mol. The Hall–Kier alpha value is -2.47. The maximum Gasteiger partial charge on any atom is 0.400 e. The highest BCUT2D eigenvalue weighted by atomic mass is 31.2. The van der Waals surface area contributed by atoms with Gasteiger partial charge in [-0.05, 0) is 40.7 Å². The Morgan fingerprint density at radius 1 is 0.957 bits per heavy atom. The molecule has 1 N–H and O–H groups in total. The molecular weight excluding hydrogens is 671 g/mol. The van der Waals surface area contributed by atoms with Crippen LogP contribution in [0.15, 0.2) is 17.1 Å². The number of ether oxygens (including phenoxy) is 1. The van der Waals surface area contributed by atoms with Crippen LogP contribution in [0.25, 0.3) is 10.9 Å². The van der Waals surface area contributed by atoms with E-state index in [4.69, 9.17) is 43.0 Å². The second-order valence-electron chi connectivity index (χ2n) is 10.4. The van der Waals surface area contributed by atoms with Gasteiger partial charge in [0.15, 0.2) is 17.0 Å². The Kier molecular flexibility index (Phi) is 12.9. The third kappa shape index (κ3) is 8.06. The third-order valence-electron chi connectivity index (χ3n) is 7.31. The van der Waals surface area contributed by atoms with Crippen molar-refractivity contribution in [2.24, 2.45) is 0 Å². The Morgan fingerprint density at radius 2 is 1.47 bits per heavy atom. The number of nitrogens with zero attached hydrogens (tertiary/aromatic N) is 3. The van der Waals surface area contributed by atoms with Gasteiger partial charge in [0.25, 0.3) is 0 Å². The van der Waals surface area contributed by atoms with E-state index in [0.29, 0.717) is 5.52 Å². The topological polar surface area (TPSA) is 183 Å². The molecule has 3 heterocycles. The first-order valence-electron chi connectivity index (χ1n) is 15.1. The van der Waals surface area contributed by atoms with E-state index in [1.807, 2.05) is 0 Å². The molecule has 17 nitrogen and oxygen atoms in total. The number of hydrogen-bond acceptors (Lipinski definition) is 15. The summed E-state index contributed by atoms with van der Waals surface area (Å²) in [4.78, 5) is 48.0. The van der Waals surface area contributed by atoms with Crippen LogP contribution in [0.4, 0.5) is 10.1 Å². The number of pyridine rings is 1. The van der Waals surface area contributed by atoms with Crippen LogP contribution < -0.4 is 15.1 Å². The normalized spacial score (nSPS) is 17.4. The van der Waals surface area contributed by atoms with Gasteiger partial charge in [0.1, 0.15) is 17.9 Å². The summed E-state index contributed by atoms with van der Waals surface area (Å²) in [6, 6.07) is 0.708. The number of aromatic carboxylic acids is 1. The SMILES string of the molecule is CCOOP(=O)(OOCC)C(CN1CCN(c2c(F)cc3c(=O)c(C(=O)O)cn4c3c2OCC4C)CC1)P(=O)(OOCC)OOCC. The lowest BCUT2D eigenvalue weighted by atomic mass is 10.1. The number of rotatable bonds is 18. The Morgan fingerprint density at radius 3 is 1.94 bits per heavy atom. The lowest BCUT2D eigenvalue weighted by Gasteiger charge is -2.40. The average molecular weight is 712 g/mol. The maximum atomic E-state index is 15.8. The molecule has 47 heavy (non-hydrogen) atoms. The smallest absolute Gasteiger partial charge is 0.400 e. The van der Waals surface area contributed by atoms with E-state index in [1.165, 1.54) is 6.20 Å². The number of halogens is 1. The van der Waals surface area contributed by atoms with Gasteiger partial charge in [0, 0.05) is 38.9 Å². The van der Waals surface area contributed by atoms with E-state index in [2.05, 4.69) is 0 Å². The highest BCUT2D eigenvalue weighted by molar-refractivity contribution is 7.72. The number of carboxylic acids is 1. The van der Waals surface area contributed by atoms with Gasteiger partial charge in [0.2, 0.25) is 5.43 Å². The quantitative estimate of drug-likeness (QED) is 0.129. The molecule has 0 aliphatic carbocycles. The summed E-state index contributed by atoms with van der Waals surface area (Å²) in [6.07, 6.45) is 1.25. The summed E-state index contributed by atoms with van der Waals surface area (Å²) in [5.41, 5.74) is -0.885. The Balaban J connectivity index is 1.66. The molecule has 4 rings (SSSR count). The van der Waals surface area contributed by atoms with E-state index in [-0.39, 0.29) is 88.6 Å². The van der Waals surface area contributed by atoms with Crippen molar-refractivity contribution >= 4 is 37.8 Å². The number of hydrogen-bond donors (Lipinski definition) is 1. The average Bonchev–Trinajstić information content (AvgIpc) is 3.06. The summed E-state index contributed by atoms with van der Waals surface area (Å²) in [6.45, 7) is 8.56. The molecular formula is C27H40FN3O14P2. The van der Waals surface area contributed by atoms with Crippen molar-refractivity contribution in [2.45, 2.75) is 46.1 Å². The fraction of sp³-hybridized carbons (Fsp3) is 0.630. The van der Waals surface area contributed by atoms with E-state index in [1.54, 1.807) is 49.0 Å². The molecule has 2 aromatic rings. The first-order valence-corrected chi connectivity index (χ1v) is 18.4. The van der Waals surface area contributed by atoms with Crippen LogP contribution in [-0.2, 0) is 47.4 Å². The first-order chi connectivity index (χ1) is 22.4. The fourth-order valence-corrected chi connectivity index (χ4v) is 9.31. The summed E-state index contributed by atoms with van der Waals surface area (Å²) in [5.74, 6) is -2.05. The number of anilines is 1. The monoisotopic (exact) mass is 711 g/mol. The van der Waals surface area contributed by atoms with Gasteiger partial charge >= 0.3 is 21.2 Å². The lowest BCUT2D eigenvalue weighted by molar-refractivity contribution is -0.272. The van der Waals surface area contributed by atoms with Gasteiger partial charge < -0.3 is 19.3 Å². The number of benzene rings is 1. The van der Waals surface area contributed by atoms with Crippen LogP contribution in [-0.4, -0.2) is 91.7 Å². The molecule has 1 atom stereocenters. The van der Waals surface area contributed by atoms with Crippen LogP contribution >= 0.6 is 15.2 Å². The molecule has 264 valence electrons. The molecule has 0 bridgehead atoms. The minimum absolute atomic E-state index is 0.0419. The summed E-state index contributed by atoms with van der Waals surface area (Å²) >= 11 is 0. The molecule has 2 aliphatic heterocycles. The molecule has 1 fully saturated rings. The largest absolute Gasteiger partial charge is 0.487 e. The lowest BCUT2D eigenvalue weighted by Crippen LogP contribution is -2.49. The highest BCUT2D eigenvalue weighted by Crippen LogP contribution is 2.71. The second kappa shape index (κ2) is 16.3. The van der Waals surface area contributed by atoms with Crippen molar-refractivity contribution in [3.05, 3.63) is 33.9 Å². The molecule has 20 heteroatoms. The van der Waals surface area contributed by atoms with Gasteiger partial charge in [-0.1, -0.05) is 0 Å². The van der Waals surface area contributed by atoms with E-state index >= 15 is 4.39 Å². The summed E-state index contributed by atoms with van der Waals surface area (Å²) in [5, 5.41) is 7.76. The Bertz CT molecular complexity index is 1510. The summed E-state index contributed by atoms with van der Waals surface area (Å²) in [7, 11) is -9.20. The number of carboxylic acid groups (broad SMARTS) is 1. The van der Waals surface area contributed by atoms with E-state index in [9.17, 15) is 23.8 Å².